The molecule has 0 bridgehead atoms. The molecule has 0 spiro atoms. The number of hydrogen-bond acceptors (Lipinski definition) is 7. The lowest BCUT2D eigenvalue weighted by molar-refractivity contribution is 0.482. The van der Waals surface area contributed by atoms with Gasteiger partial charge in [-0.05, 0) is 13.1 Å². The van der Waals surface area contributed by atoms with Gasteiger partial charge in [0.1, 0.15) is 0 Å². The van der Waals surface area contributed by atoms with Gasteiger partial charge in [0.05, 0.1) is 0 Å². The number of hydrogen-bond donors (Lipinski definition) is 0. The first-order valence-corrected chi connectivity index (χ1v) is 14.9. The summed E-state index contributed by atoms with van der Waals surface area (Å²) in [4.78, 5) is 0. The van der Waals surface area contributed by atoms with Crippen molar-refractivity contribution in [3.63, 3.8) is 0 Å². The summed E-state index contributed by atoms with van der Waals surface area (Å²) >= 11 is 0. The standard InChI is InChI=1S/C7H19NO6S3Si/c1-6-8(7-2)18(15(3,9)10,16(4,11)12)17(5,13)14/h6-7H2,1-5H3. The predicted octanol–water partition coefficient (Wildman–Crippen LogP) is -1.10. The molecule has 0 aliphatic rings. The second-order valence-corrected chi connectivity index (χ2v) is 24.6. The molecule has 0 N–H and O–H groups in total. The second kappa shape index (κ2) is 5.19. The quantitative estimate of drug-likeness (QED) is 0.566. The highest BCUT2D eigenvalue weighted by Gasteiger charge is 2.68. The number of rotatable bonds is 6. The van der Waals surface area contributed by atoms with Crippen molar-refractivity contribution < 1.29 is 25.3 Å². The van der Waals surface area contributed by atoms with Crippen LogP contribution in [0.2, 0.25) is 0 Å². The van der Waals surface area contributed by atoms with E-state index in [1.54, 1.807) is 0 Å². The van der Waals surface area contributed by atoms with E-state index in [0.717, 1.165) is 4.57 Å². The Labute approximate surface area is 109 Å². The van der Waals surface area contributed by atoms with Crippen LogP contribution >= 0.6 is 0 Å². The molecule has 0 atom stereocenters. The maximum absolute atomic E-state index is 12.0. The van der Waals surface area contributed by atoms with Crippen molar-refractivity contribution in [3.05, 3.63) is 0 Å². The van der Waals surface area contributed by atoms with Gasteiger partial charge in [0.25, 0.3) is 0 Å². The van der Waals surface area contributed by atoms with Crippen LogP contribution in [0.5, 0.6) is 0 Å². The van der Waals surface area contributed by atoms with Gasteiger partial charge < -0.3 is 0 Å². The molecule has 0 saturated carbocycles. The fourth-order valence-corrected chi connectivity index (χ4v) is 32.3. The minimum absolute atomic E-state index is 0.0376. The van der Waals surface area contributed by atoms with Crippen molar-refractivity contribution in [2.24, 2.45) is 0 Å². The van der Waals surface area contributed by atoms with Crippen LogP contribution in [0, 0.1) is 0 Å². The van der Waals surface area contributed by atoms with Crippen LogP contribution in [0.1, 0.15) is 13.8 Å². The van der Waals surface area contributed by atoms with Gasteiger partial charge in [0.2, 0.25) is 0 Å². The van der Waals surface area contributed by atoms with Crippen LogP contribution in [0.3, 0.4) is 0 Å². The van der Waals surface area contributed by atoms with Gasteiger partial charge >= 0.3 is 5.68 Å². The maximum atomic E-state index is 12.0. The first-order valence-electron chi connectivity index (χ1n) is 5.11. The Morgan fingerprint density at radius 3 is 1.00 bits per heavy atom. The second-order valence-electron chi connectivity index (χ2n) is 4.01. The average Bonchev–Trinajstić information content (AvgIpc) is 2.06. The van der Waals surface area contributed by atoms with Crippen LogP contribution in [0.15, 0.2) is 0 Å². The van der Waals surface area contributed by atoms with E-state index in [2.05, 4.69) is 0 Å². The van der Waals surface area contributed by atoms with Crippen LogP contribution in [-0.2, 0) is 27.9 Å². The lowest BCUT2D eigenvalue weighted by Gasteiger charge is -2.34. The summed E-state index contributed by atoms with van der Waals surface area (Å²) in [6.07, 6.45) is 2.04. The van der Waals surface area contributed by atoms with E-state index in [1.165, 1.54) is 13.8 Å². The summed E-state index contributed by atoms with van der Waals surface area (Å²) in [6.45, 7) is 3.14. The molecular weight excluding hydrogens is 318 g/mol. The molecule has 0 radical (unpaired) electrons. The largest absolute Gasteiger partial charge is 0.521 e. The predicted molar refractivity (Wildman–Crippen MR) is 73.2 cm³/mol. The summed E-state index contributed by atoms with van der Waals surface area (Å²) in [5.41, 5.74) is -4.78. The topological polar surface area (TPSA) is 106 Å². The highest BCUT2D eigenvalue weighted by Crippen LogP contribution is 2.28. The van der Waals surface area contributed by atoms with Gasteiger partial charge in [0, 0.05) is 18.8 Å². The molecule has 0 fully saturated rings. The van der Waals surface area contributed by atoms with Gasteiger partial charge in [0.15, 0.2) is 27.9 Å². The molecule has 0 aromatic rings. The van der Waals surface area contributed by atoms with Crippen LogP contribution in [0.25, 0.3) is 0 Å². The normalized spacial score (nSPS) is 15.0. The third kappa shape index (κ3) is 2.64. The average molecular weight is 338 g/mol. The van der Waals surface area contributed by atoms with Crippen molar-refractivity contribution in [1.82, 2.24) is 4.57 Å². The fraction of sp³-hybridized carbons (Fsp3) is 1.00. The van der Waals surface area contributed by atoms with E-state index < -0.39 is 33.5 Å². The zero-order valence-corrected chi connectivity index (χ0v) is 14.5. The zero-order chi connectivity index (χ0) is 15.0. The Morgan fingerprint density at radius 2 is 0.944 bits per heavy atom. The summed E-state index contributed by atoms with van der Waals surface area (Å²) in [7, 11) is -12.8. The Hall–Kier alpha value is 0.0269. The molecule has 0 aromatic heterocycles. The maximum Gasteiger partial charge on any atom is 0.521 e. The first-order chi connectivity index (χ1) is 7.77. The minimum Gasteiger partial charge on any atom is -0.289 e. The summed E-state index contributed by atoms with van der Waals surface area (Å²) in [5.74, 6) is 0. The summed E-state index contributed by atoms with van der Waals surface area (Å²) in [6, 6.07) is 0. The molecule has 0 unspecified atom stereocenters. The molecule has 0 amide bonds. The molecule has 0 heterocycles. The molecule has 110 valence electrons. The van der Waals surface area contributed by atoms with Crippen molar-refractivity contribution in [1.29, 1.82) is 0 Å². The van der Waals surface area contributed by atoms with Crippen LogP contribution in [-0.4, -0.2) is 67.4 Å². The number of nitrogens with zero attached hydrogens (tertiary/aromatic N) is 1. The molecule has 0 aromatic carbocycles. The van der Waals surface area contributed by atoms with E-state index in [4.69, 9.17) is 0 Å². The van der Waals surface area contributed by atoms with Crippen LogP contribution < -0.4 is 0 Å². The van der Waals surface area contributed by atoms with E-state index in [0.29, 0.717) is 18.8 Å². The van der Waals surface area contributed by atoms with E-state index in [9.17, 15) is 25.3 Å². The third-order valence-electron chi connectivity index (χ3n) is 2.56. The Balaban J connectivity index is 6.88. The first kappa shape index (κ1) is 18.0. The summed E-state index contributed by atoms with van der Waals surface area (Å²) < 4.78 is 72.9. The van der Waals surface area contributed by atoms with Gasteiger partial charge in [-0.3, -0.25) is 4.57 Å². The summed E-state index contributed by atoms with van der Waals surface area (Å²) in [5, 5.41) is 0. The Morgan fingerprint density at radius 1 is 0.722 bits per heavy atom. The Bertz CT molecular complexity index is 523. The van der Waals surface area contributed by atoms with Gasteiger partial charge in [-0.2, -0.15) is 0 Å². The van der Waals surface area contributed by atoms with Crippen molar-refractivity contribution in [3.8, 4) is 0 Å². The van der Waals surface area contributed by atoms with Crippen molar-refractivity contribution in [2.75, 3.05) is 31.9 Å². The van der Waals surface area contributed by atoms with E-state index in [1.807, 2.05) is 0 Å². The zero-order valence-electron chi connectivity index (χ0n) is 11.0. The van der Waals surface area contributed by atoms with Crippen molar-refractivity contribution >= 4 is 33.5 Å². The molecule has 0 saturated heterocycles. The molecule has 0 rings (SSSR count). The van der Waals surface area contributed by atoms with Gasteiger partial charge in [-0.1, -0.05) is 13.8 Å². The SMILES string of the molecule is CCN(CC)[Si](S(C)(=O)=O)(S(C)(=O)=O)S(C)(=O)=O. The molecule has 11 heteroatoms. The lowest BCUT2D eigenvalue weighted by atomic mass is 10.7. The molecule has 0 aliphatic carbocycles. The van der Waals surface area contributed by atoms with E-state index in [-0.39, 0.29) is 13.1 Å². The highest BCUT2D eigenvalue weighted by molar-refractivity contribution is 8.73. The Kier molecular flexibility index (Phi) is 5.20. The third-order valence-corrected chi connectivity index (χ3v) is 33.9. The van der Waals surface area contributed by atoms with Gasteiger partial charge in [-0.25, -0.2) is 25.3 Å². The molecule has 18 heavy (non-hydrogen) atoms. The highest BCUT2D eigenvalue weighted by atomic mass is 32.8. The van der Waals surface area contributed by atoms with Crippen LogP contribution in [0.4, 0.5) is 0 Å². The molecule has 0 aliphatic heterocycles. The smallest absolute Gasteiger partial charge is 0.289 e. The minimum atomic E-state index is -4.78. The van der Waals surface area contributed by atoms with Crippen molar-refractivity contribution in [2.45, 2.75) is 13.8 Å². The lowest BCUT2D eigenvalue weighted by Crippen LogP contribution is -2.69. The fourth-order valence-electron chi connectivity index (χ4n) is 2.14. The molecular formula is C7H19NO6S3Si. The monoisotopic (exact) mass is 337 g/mol. The van der Waals surface area contributed by atoms with Gasteiger partial charge in [-0.15, -0.1) is 0 Å². The van der Waals surface area contributed by atoms with E-state index >= 15 is 0 Å². The molecule has 7 nitrogen and oxygen atoms in total.